The lowest BCUT2D eigenvalue weighted by atomic mass is 10.2. The van der Waals surface area contributed by atoms with E-state index >= 15 is 0 Å². The van der Waals surface area contributed by atoms with Crippen molar-refractivity contribution in [3.05, 3.63) is 59.7 Å². The smallest absolute Gasteiger partial charge is 0.0709 e. The summed E-state index contributed by atoms with van der Waals surface area (Å²) in [4.78, 5) is 0. The second-order valence-electron chi connectivity index (χ2n) is 7.11. The number of benzene rings is 2. The molecule has 2 rings (SSSR count). The molecule has 0 radical (unpaired) electrons. The van der Waals surface area contributed by atoms with Crippen molar-refractivity contribution in [2.24, 2.45) is 0 Å². The fraction of sp³-hybridized carbons (Fsp3) is 0.333. The summed E-state index contributed by atoms with van der Waals surface area (Å²) in [5.74, 6) is 0. The molecule has 0 amide bonds. The van der Waals surface area contributed by atoms with Crippen LogP contribution in [0.5, 0.6) is 0 Å². The van der Waals surface area contributed by atoms with Crippen LogP contribution in [-0.4, -0.2) is 15.2 Å². The lowest BCUT2D eigenvalue weighted by Crippen LogP contribution is -2.71. The van der Waals surface area contributed by atoms with Gasteiger partial charge in [-0.2, -0.15) is 0 Å². The molecule has 0 aliphatic heterocycles. The summed E-state index contributed by atoms with van der Waals surface area (Å²) in [5.41, 5.74) is 2.76. The molecule has 0 aromatic heterocycles. The molecule has 0 aliphatic carbocycles. The van der Waals surface area contributed by atoms with Gasteiger partial charge in [0.1, 0.15) is 7.59 Å². The van der Waals surface area contributed by atoms with Gasteiger partial charge in [0.25, 0.3) is 0 Å². The van der Waals surface area contributed by atoms with Crippen LogP contribution in [0.25, 0.3) is 0 Å². The molecule has 0 saturated heterocycles. The molecule has 0 bridgehead atoms. The number of rotatable bonds is 3. The highest BCUT2D eigenvalue weighted by Gasteiger charge is 2.44. The van der Waals surface area contributed by atoms with E-state index < -0.39 is 15.2 Å². The van der Waals surface area contributed by atoms with Crippen molar-refractivity contribution < 1.29 is 0 Å². The summed E-state index contributed by atoms with van der Waals surface area (Å²) in [6, 6.07) is 18.4. The second-order valence-corrected chi connectivity index (χ2v) is 22.5. The molecule has 2 aromatic rings. The van der Waals surface area contributed by atoms with Crippen molar-refractivity contribution in [2.45, 2.75) is 40.0 Å². The van der Waals surface area contributed by atoms with Crippen molar-refractivity contribution in [3.8, 4) is 0 Å². The van der Waals surface area contributed by atoms with Gasteiger partial charge in [0.05, 0.1) is 0 Å². The van der Waals surface area contributed by atoms with Gasteiger partial charge in [0.15, 0.2) is 0 Å². The molecule has 106 valence electrons. The lowest BCUT2D eigenvalue weighted by molar-refractivity contribution is 1.48. The van der Waals surface area contributed by atoms with Crippen LogP contribution in [0.2, 0.25) is 26.2 Å². The third-order valence-corrected chi connectivity index (χ3v) is 21.4. The van der Waals surface area contributed by atoms with Crippen LogP contribution in [0.3, 0.4) is 0 Å². The number of hydrogen-bond acceptors (Lipinski definition) is 0. The van der Waals surface area contributed by atoms with E-state index in [1.54, 1.807) is 10.4 Å². The molecule has 2 heteroatoms. The summed E-state index contributed by atoms with van der Waals surface area (Å²) in [5, 5.41) is 3.20. The van der Waals surface area contributed by atoms with Gasteiger partial charge >= 0.3 is 0 Å². The number of aryl methyl sites for hydroxylation is 2. The van der Waals surface area contributed by atoms with Gasteiger partial charge in [0, 0.05) is 7.59 Å². The Balaban J connectivity index is 2.69. The minimum atomic E-state index is -1.63. The Kier molecular flexibility index (Phi) is 4.08. The van der Waals surface area contributed by atoms with Gasteiger partial charge in [0.2, 0.25) is 0 Å². The van der Waals surface area contributed by atoms with E-state index in [-0.39, 0.29) is 0 Å². The van der Waals surface area contributed by atoms with E-state index in [4.69, 9.17) is 0 Å². The van der Waals surface area contributed by atoms with Crippen molar-refractivity contribution in [1.82, 2.24) is 0 Å². The van der Waals surface area contributed by atoms with Crippen molar-refractivity contribution >= 4 is 25.6 Å². The van der Waals surface area contributed by atoms with Crippen molar-refractivity contribution in [3.63, 3.8) is 0 Å². The zero-order valence-electron chi connectivity index (χ0n) is 13.6. The van der Waals surface area contributed by atoms with Gasteiger partial charge in [-0.1, -0.05) is 96.2 Å². The first-order valence-corrected chi connectivity index (χ1v) is 14.4. The highest BCUT2D eigenvalue weighted by Crippen LogP contribution is 2.20. The van der Waals surface area contributed by atoms with Crippen molar-refractivity contribution in [1.29, 1.82) is 0 Å². The van der Waals surface area contributed by atoms with E-state index in [0.717, 1.165) is 0 Å². The van der Waals surface area contributed by atoms with Gasteiger partial charge in [-0.05, 0) is 13.8 Å². The van der Waals surface area contributed by atoms with E-state index in [0.29, 0.717) is 0 Å². The SMILES string of the molecule is Cc1cccc([Si](C)(c2cccc(C)c2)[Si](C)(C)C)c1. The molecule has 2 aromatic carbocycles. The molecular weight excluding hydrogens is 272 g/mol. The van der Waals surface area contributed by atoms with Crippen molar-refractivity contribution in [2.75, 3.05) is 0 Å². The summed E-state index contributed by atoms with van der Waals surface area (Å²) in [7, 11) is -2.93. The zero-order valence-corrected chi connectivity index (χ0v) is 15.6. The summed E-state index contributed by atoms with van der Waals surface area (Å²) in [6.45, 7) is 14.6. The van der Waals surface area contributed by atoms with E-state index in [9.17, 15) is 0 Å². The number of hydrogen-bond donors (Lipinski definition) is 0. The molecule has 20 heavy (non-hydrogen) atoms. The predicted octanol–water partition coefficient (Wildman–Crippen LogP) is 3.91. The van der Waals surface area contributed by atoms with E-state index in [1.807, 2.05) is 0 Å². The average Bonchev–Trinajstić information content (AvgIpc) is 2.36. The predicted molar refractivity (Wildman–Crippen MR) is 96.6 cm³/mol. The third-order valence-electron chi connectivity index (χ3n) is 4.69. The Hall–Kier alpha value is -1.13. The van der Waals surface area contributed by atoms with Gasteiger partial charge < -0.3 is 0 Å². The summed E-state index contributed by atoms with van der Waals surface area (Å²) < 4.78 is 0. The lowest BCUT2D eigenvalue weighted by Gasteiger charge is -2.40. The molecule has 0 saturated carbocycles. The average molecular weight is 299 g/mol. The molecule has 0 heterocycles. The van der Waals surface area contributed by atoms with Crippen LogP contribution in [0, 0.1) is 13.8 Å². The quantitative estimate of drug-likeness (QED) is 0.754. The Morgan fingerprint density at radius 1 is 0.650 bits per heavy atom. The van der Waals surface area contributed by atoms with Gasteiger partial charge in [-0.25, -0.2) is 0 Å². The third kappa shape index (κ3) is 2.67. The maximum atomic E-state index is 2.57. The zero-order chi connectivity index (χ0) is 15.0. The first-order valence-electron chi connectivity index (χ1n) is 7.39. The van der Waals surface area contributed by atoms with Crippen LogP contribution < -0.4 is 10.4 Å². The fourth-order valence-electron chi connectivity index (χ4n) is 2.94. The minimum absolute atomic E-state index is 1.30. The first-order chi connectivity index (χ1) is 9.25. The second kappa shape index (κ2) is 5.34. The molecular formula is C18H26Si2. The van der Waals surface area contributed by atoms with E-state index in [1.165, 1.54) is 11.1 Å². The molecule has 0 atom stereocenters. The normalized spacial score (nSPS) is 12.5. The Bertz CT molecular complexity index is 563. The monoisotopic (exact) mass is 298 g/mol. The molecule has 0 N–H and O–H groups in total. The Morgan fingerprint density at radius 3 is 1.35 bits per heavy atom. The Labute approximate surface area is 125 Å². The van der Waals surface area contributed by atoms with Crippen LogP contribution in [0.15, 0.2) is 48.5 Å². The molecule has 0 unspecified atom stereocenters. The topological polar surface area (TPSA) is 0 Å². The van der Waals surface area contributed by atoms with E-state index in [2.05, 4.69) is 88.6 Å². The largest absolute Gasteiger partial charge is 0.107 e. The minimum Gasteiger partial charge on any atom is -0.0709 e. The van der Waals surface area contributed by atoms with Crippen LogP contribution >= 0.6 is 0 Å². The first kappa shape index (κ1) is 15.3. The molecule has 0 nitrogen and oxygen atoms in total. The highest BCUT2D eigenvalue weighted by molar-refractivity contribution is 7.50. The van der Waals surface area contributed by atoms with Gasteiger partial charge in [-0.15, -0.1) is 0 Å². The molecule has 0 fully saturated rings. The molecule has 0 aliphatic rings. The Morgan fingerprint density at radius 2 is 1.05 bits per heavy atom. The summed E-state index contributed by atoms with van der Waals surface area (Å²) in [6.07, 6.45) is 0. The van der Waals surface area contributed by atoms with Crippen LogP contribution in [0.4, 0.5) is 0 Å². The maximum absolute atomic E-state index is 2.57. The fourth-order valence-corrected chi connectivity index (χ4v) is 13.0. The summed E-state index contributed by atoms with van der Waals surface area (Å²) >= 11 is 0. The van der Waals surface area contributed by atoms with Crippen LogP contribution in [0.1, 0.15) is 11.1 Å². The molecule has 0 spiro atoms. The maximum Gasteiger partial charge on any atom is 0.107 e. The standard InChI is InChI=1S/C18H26Si2/c1-15-9-7-11-17(13-15)20(6,19(3,4)5)18-12-8-10-16(2)14-18/h7-14H,1-6H3. The highest BCUT2D eigenvalue weighted by atomic mass is 29.3. The van der Waals surface area contributed by atoms with Gasteiger partial charge in [-0.3, -0.25) is 0 Å². The van der Waals surface area contributed by atoms with Crippen LogP contribution in [-0.2, 0) is 0 Å².